The Morgan fingerprint density at radius 2 is 1.85 bits per heavy atom. The first-order valence-electron chi connectivity index (χ1n) is 5.50. The molecule has 0 saturated carbocycles. The number of ether oxygens (including phenoxy) is 1. The molecule has 0 aliphatic heterocycles. The molecule has 0 unspecified atom stereocenters. The number of carbonyl (C=O) groups excluding carboxylic acids is 1. The molecule has 0 amide bonds. The van der Waals surface area contributed by atoms with Crippen molar-refractivity contribution in [1.82, 2.24) is 0 Å². The summed E-state index contributed by atoms with van der Waals surface area (Å²) in [5.74, 6) is -0.975. The van der Waals surface area contributed by atoms with E-state index in [9.17, 15) is 9.90 Å². The van der Waals surface area contributed by atoms with E-state index in [1.165, 1.54) is 6.92 Å². The highest BCUT2D eigenvalue weighted by Gasteiger charge is 2.15. The maximum atomic E-state index is 11.6. The van der Waals surface area contributed by atoms with E-state index in [1.807, 2.05) is 0 Å². The number of hydrogen-bond donors (Lipinski definition) is 1. The fourth-order valence-electron chi connectivity index (χ4n) is 1.19. The van der Waals surface area contributed by atoms with Crippen molar-refractivity contribution in [2.75, 3.05) is 6.61 Å². The van der Waals surface area contributed by atoms with Crippen LogP contribution in [0.3, 0.4) is 0 Å². The maximum Gasteiger partial charge on any atom is 0.362 e. The molecule has 1 N–H and O–H groups in total. The van der Waals surface area contributed by atoms with Gasteiger partial charge < -0.3 is 9.84 Å². The predicted octanol–water partition coefficient (Wildman–Crippen LogP) is 5.41. The van der Waals surface area contributed by atoms with Crippen LogP contribution in [0.5, 0.6) is 0 Å². The van der Waals surface area contributed by atoms with Crippen molar-refractivity contribution in [2.45, 2.75) is 13.8 Å². The number of allylic oxidation sites excluding steroid dienone is 1. The molecule has 0 fully saturated rings. The Morgan fingerprint density at radius 3 is 2.30 bits per heavy atom. The number of aliphatic hydroxyl groups is 1. The van der Waals surface area contributed by atoms with Crippen molar-refractivity contribution in [3.63, 3.8) is 0 Å². The van der Waals surface area contributed by atoms with Crippen LogP contribution < -0.4 is 0 Å². The summed E-state index contributed by atoms with van der Waals surface area (Å²) in [6.07, 6.45) is 0. The lowest BCUT2D eigenvalue weighted by Gasteiger charge is -2.04. The van der Waals surface area contributed by atoms with E-state index in [-0.39, 0.29) is 18.1 Å². The van der Waals surface area contributed by atoms with Gasteiger partial charge in [-0.2, -0.15) is 0 Å². The number of carbonyl (C=O) groups is 1. The third kappa shape index (κ3) is 4.68. The molecule has 0 aromatic heterocycles. The Bertz CT molecular complexity index is 558. The molecule has 0 radical (unpaired) electrons. The third-order valence-corrected chi connectivity index (χ3v) is 3.71. The Hall–Kier alpha value is -0.730. The number of esters is 1. The van der Waals surface area contributed by atoms with Crippen LogP contribution in [0.1, 0.15) is 13.8 Å². The molecule has 1 aromatic rings. The molecular weight excluding hydrogens is 460 g/mol. The van der Waals surface area contributed by atoms with Crippen LogP contribution in [0.2, 0.25) is 0 Å². The summed E-state index contributed by atoms with van der Waals surface area (Å²) in [4.78, 5) is 11.6. The number of benzene rings is 1. The maximum absolute atomic E-state index is 11.6. The van der Waals surface area contributed by atoms with E-state index >= 15 is 0 Å². The van der Waals surface area contributed by atoms with Gasteiger partial charge in [-0.15, -0.1) is 10.2 Å². The van der Waals surface area contributed by atoms with Crippen molar-refractivity contribution in [3.8, 4) is 0 Å². The largest absolute Gasteiger partial charge is 0.510 e. The molecule has 8 heteroatoms. The van der Waals surface area contributed by atoms with Crippen molar-refractivity contribution in [1.29, 1.82) is 0 Å². The number of rotatable bonds is 4. The molecule has 0 spiro atoms. The smallest absolute Gasteiger partial charge is 0.362 e. The van der Waals surface area contributed by atoms with Crippen molar-refractivity contribution < 1.29 is 14.6 Å². The van der Waals surface area contributed by atoms with Crippen molar-refractivity contribution in [3.05, 3.63) is 37.0 Å². The lowest BCUT2D eigenvalue weighted by molar-refractivity contribution is -0.138. The fourth-order valence-corrected chi connectivity index (χ4v) is 3.61. The van der Waals surface area contributed by atoms with Crippen LogP contribution in [0.4, 0.5) is 5.69 Å². The average Bonchev–Trinajstić information content (AvgIpc) is 2.32. The van der Waals surface area contributed by atoms with Gasteiger partial charge in [0.2, 0.25) is 5.70 Å². The second kappa shape index (κ2) is 7.90. The second-order valence-electron chi connectivity index (χ2n) is 3.57. The zero-order valence-corrected chi connectivity index (χ0v) is 15.4. The lowest BCUT2D eigenvalue weighted by Crippen LogP contribution is -2.07. The highest BCUT2D eigenvalue weighted by atomic mass is 79.9. The van der Waals surface area contributed by atoms with Crippen LogP contribution in [-0.2, 0) is 9.53 Å². The second-order valence-corrected chi connectivity index (χ2v) is 6.20. The number of halogens is 3. The Morgan fingerprint density at radius 1 is 1.30 bits per heavy atom. The normalized spacial score (nSPS) is 12.4. The summed E-state index contributed by atoms with van der Waals surface area (Å²) in [7, 11) is 0. The summed E-state index contributed by atoms with van der Waals surface area (Å²) < 4.78 is 7.01. The molecular formula is C12H11Br3N2O3. The highest BCUT2D eigenvalue weighted by molar-refractivity contribution is 9.11. The quantitative estimate of drug-likeness (QED) is 0.277. The van der Waals surface area contributed by atoms with Gasteiger partial charge in [-0.3, -0.25) is 0 Å². The summed E-state index contributed by atoms with van der Waals surface area (Å²) in [5, 5.41) is 17.2. The Labute approximate surface area is 141 Å². The molecule has 1 rings (SSSR count). The number of nitrogens with zero attached hydrogens (tertiary/aromatic N) is 2. The Kier molecular flexibility index (Phi) is 6.84. The molecule has 20 heavy (non-hydrogen) atoms. The van der Waals surface area contributed by atoms with Gasteiger partial charge in [0.05, 0.1) is 6.61 Å². The van der Waals surface area contributed by atoms with E-state index in [4.69, 9.17) is 4.74 Å². The molecule has 0 atom stereocenters. The zero-order chi connectivity index (χ0) is 15.3. The molecule has 0 saturated heterocycles. The van der Waals surface area contributed by atoms with E-state index < -0.39 is 5.97 Å². The van der Waals surface area contributed by atoms with E-state index in [1.54, 1.807) is 19.1 Å². The minimum Gasteiger partial charge on any atom is -0.510 e. The SMILES string of the molecule is CCOC(=O)C(N=Nc1c(Br)cc(Br)cc1Br)=C(C)O. The first-order chi connectivity index (χ1) is 9.36. The molecule has 0 aliphatic rings. The Balaban J connectivity index is 3.13. The van der Waals surface area contributed by atoms with Crippen LogP contribution >= 0.6 is 47.8 Å². The molecule has 0 aliphatic carbocycles. The van der Waals surface area contributed by atoms with E-state index in [2.05, 4.69) is 58.0 Å². The van der Waals surface area contributed by atoms with Gasteiger partial charge in [-0.1, -0.05) is 15.9 Å². The van der Waals surface area contributed by atoms with Gasteiger partial charge >= 0.3 is 5.97 Å². The average molecular weight is 471 g/mol. The zero-order valence-electron chi connectivity index (χ0n) is 10.7. The van der Waals surface area contributed by atoms with E-state index in [0.29, 0.717) is 14.6 Å². The summed E-state index contributed by atoms with van der Waals surface area (Å²) in [6.45, 7) is 3.20. The predicted molar refractivity (Wildman–Crippen MR) is 86.0 cm³/mol. The minimum absolute atomic E-state index is 0.191. The highest BCUT2D eigenvalue weighted by Crippen LogP contribution is 2.37. The lowest BCUT2D eigenvalue weighted by atomic mass is 10.3. The van der Waals surface area contributed by atoms with Gasteiger partial charge in [-0.05, 0) is 57.8 Å². The standard InChI is InChI=1S/C12H11Br3N2O3/c1-3-20-12(19)10(6(2)18)16-17-11-8(14)4-7(13)5-9(11)15/h4-5,18H,3H2,1-2H3. The van der Waals surface area contributed by atoms with Gasteiger partial charge in [0.1, 0.15) is 11.4 Å². The van der Waals surface area contributed by atoms with E-state index in [0.717, 1.165) is 4.47 Å². The molecule has 108 valence electrons. The topological polar surface area (TPSA) is 71.2 Å². The van der Waals surface area contributed by atoms with Crippen LogP contribution in [0, 0.1) is 0 Å². The monoisotopic (exact) mass is 468 g/mol. The fraction of sp³-hybridized carbons (Fsp3) is 0.250. The number of aliphatic hydroxyl groups excluding tert-OH is 1. The van der Waals surface area contributed by atoms with Gasteiger partial charge in [0.25, 0.3) is 0 Å². The first kappa shape index (κ1) is 17.3. The third-order valence-electron chi connectivity index (χ3n) is 2.04. The van der Waals surface area contributed by atoms with Crippen LogP contribution in [0.15, 0.2) is 47.2 Å². The van der Waals surface area contributed by atoms with Crippen LogP contribution in [-0.4, -0.2) is 17.7 Å². The number of hydrogen-bond acceptors (Lipinski definition) is 5. The minimum atomic E-state index is -0.722. The van der Waals surface area contributed by atoms with Gasteiger partial charge in [0.15, 0.2) is 0 Å². The molecule has 0 bridgehead atoms. The van der Waals surface area contributed by atoms with Crippen molar-refractivity contribution >= 4 is 59.4 Å². The molecule has 1 aromatic carbocycles. The summed E-state index contributed by atoms with van der Waals surface area (Å²) in [5.41, 5.74) is 0.268. The molecule has 5 nitrogen and oxygen atoms in total. The first-order valence-corrected chi connectivity index (χ1v) is 7.88. The van der Waals surface area contributed by atoms with Crippen LogP contribution in [0.25, 0.3) is 0 Å². The number of azo groups is 1. The summed E-state index contributed by atoms with van der Waals surface area (Å²) in [6, 6.07) is 3.58. The van der Waals surface area contributed by atoms with Crippen molar-refractivity contribution in [2.24, 2.45) is 10.2 Å². The summed E-state index contributed by atoms with van der Waals surface area (Å²) >= 11 is 10.0. The van der Waals surface area contributed by atoms with Gasteiger partial charge in [0, 0.05) is 13.4 Å². The van der Waals surface area contributed by atoms with Gasteiger partial charge in [-0.25, -0.2) is 4.79 Å². The molecule has 0 heterocycles.